The van der Waals surface area contributed by atoms with E-state index in [-0.39, 0.29) is 41.6 Å². The predicted molar refractivity (Wildman–Crippen MR) is 129 cm³/mol. The third kappa shape index (κ3) is 3.42. The molecule has 1 amide bonds. The molecule has 2 aliphatic rings. The van der Waals surface area contributed by atoms with E-state index in [9.17, 15) is 14.7 Å². The number of carbonyl (C=O) groups excluding carboxylic acids is 1. The fourth-order valence-electron chi connectivity index (χ4n) is 4.60. The van der Waals surface area contributed by atoms with E-state index in [2.05, 4.69) is 15.9 Å². The molecule has 176 valence electrons. The van der Waals surface area contributed by atoms with Gasteiger partial charge in [0.1, 0.15) is 5.58 Å². The summed E-state index contributed by atoms with van der Waals surface area (Å²) < 4.78 is 22.9. The Balaban J connectivity index is 1.54. The highest BCUT2D eigenvalue weighted by molar-refractivity contribution is 9.10. The molecular formula is C26H18BrNO7. The first-order chi connectivity index (χ1) is 16.9. The number of amides is 1. The molecule has 0 bridgehead atoms. The van der Waals surface area contributed by atoms with Crippen LogP contribution in [-0.4, -0.2) is 29.8 Å². The Hall–Kier alpha value is -3.98. The third-order valence-corrected chi connectivity index (χ3v) is 6.73. The van der Waals surface area contributed by atoms with Crippen LogP contribution in [0.5, 0.6) is 23.0 Å². The van der Waals surface area contributed by atoms with Gasteiger partial charge in [-0.05, 0) is 53.6 Å². The SMILES string of the molecule is COc1cc([C@@H]2c3c(oc4ccc(Br)cc4c3=O)C(=O)N2Cc2ccc3c(c2)OCO3)ccc1O. The second-order valence-electron chi connectivity index (χ2n) is 8.27. The molecule has 1 atom stereocenters. The summed E-state index contributed by atoms with van der Waals surface area (Å²) in [4.78, 5) is 28.9. The van der Waals surface area contributed by atoms with Crippen molar-refractivity contribution in [1.29, 1.82) is 0 Å². The number of aromatic hydroxyl groups is 1. The van der Waals surface area contributed by atoms with Crippen LogP contribution in [0.2, 0.25) is 0 Å². The zero-order valence-corrected chi connectivity index (χ0v) is 20.0. The van der Waals surface area contributed by atoms with E-state index in [1.165, 1.54) is 13.2 Å². The van der Waals surface area contributed by atoms with E-state index in [1.807, 2.05) is 12.1 Å². The van der Waals surface area contributed by atoms with Gasteiger partial charge in [-0.1, -0.05) is 28.1 Å². The lowest BCUT2D eigenvalue weighted by Crippen LogP contribution is -2.29. The minimum atomic E-state index is -0.753. The number of rotatable bonds is 4. The average Bonchev–Trinajstić information content (AvgIpc) is 3.43. The number of hydrogen-bond donors (Lipinski definition) is 1. The molecule has 9 heteroatoms. The van der Waals surface area contributed by atoms with Crippen LogP contribution >= 0.6 is 15.9 Å². The van der Waals surface area contributed by atoms with E-state index in [1.54, 1.807) is 41.3 Å². The summed E-state index contributed by atoms with van der Waals surface area (Å²) in [6.07, 6.45) is 0. The number of benzene rings is 3. The van der Waals surface area contributed by atoms with Gasteiger partial charge in [0.05, 0.1) is 24.1 Å². The molecule has 2 aliphatic heterocycles. The Morgan fingerprint density at radius 3 is 2.71 bits per heavy atom. The largest absolute Gasteiger partial charge is 0.504 e. The van der Waals surface area contributed by atoms with E-state index in [0.717, 1.165) is 10.0 Å². The molecule has 1 aromatic heterocycles. The van der Waals surface area contributed by atoms with Crippen LogP contribution in [0.4, 0.5) is 0 Å². The topological polar surface area (TPSA) is 98.4 Å². The smallest absolute Gasteiger partial charge is 0.291 e. The monoisotopic (exact) mass is 535 g/mol. The first kappa shape index (κ1) is 21.5. The summed E-state index contributed by atoms with van der Waals surface area (Å²) >= 11 is 3.40. The van der Waals surface area contributed by atoms with Crippen LogP contribution in [0, 0.1) is 0 Å². The predicted octanol–water partition coefficient (Wildman–Crippen LogP) is 4.74. The van der Waals surface area contributed by atoms with Crippen molar-refractivity contribution >= 4 is 32.8 Å². The number of carbonyl (C=O) groups is 1. The number of methoxy groups -OCH3 is 1. The maximum atomic E-state index is 13.7. The molecule has 35 heavy (non-hydrogen) atoms. The van der Waals surface area contributed by atoms with Gasteiger partial charge in [-0.3, -0.25) is 9.59 Å². The molecule has 0 unspecified atom stereocenters. The van der Waals surface area contributed by atoms with Crippen molar-refractivity contribution in [1.82, 2.24) is 4.90 Å². The Bertz CT molecular complexity index is 1580. The first-order valence-electron chi connectivity index (χ1n) is 10.8. The molecule has 8 nitrogen and oxygen atoms in total. The Morgan fingerprint density at radius 1 is 1.06 bits per heavy atom. The summed E-state index contributed by atoms with van der Waals surface area (Å²) in [5.41, 5.74) is 1.69. The molecule has 6 rings (SSSR count). The lowest BCUT2D eigenvalue weighted by molar-refractivity contribution is 0.0714. The second kappa shape index (κ2) is 8.06. The molecule has 0 fully saturated rings. The van der Waals surface area contributed by atoms with E-state index in [0.29, 0.717) is 28.0 Å². The van der Waals surface area contributed by atoms with Crippen LogP contribution in [0.15, 0.2) is 68.3 Å². The number of phenolic OH excluding ortho intramolecular Hbond substituents is 1. The molecule has 3 aromatic carbocycles. The van der Waals surface area contributed by atoms with Gasteiger partial charge in [0.15, 0.2) is 28.4 Å². The van der Waals surface area contributed by atoms with Gasteiger partial charge in [0, 0.05) is 11.0 Å². The fourth-order valence-corrected chi connectivity index (χ4v) is 4.96. The average molecular weight is 536 g/mol. The highest BCUT2D eigenvalue weighted by Crippen LogP contribution is 2.42. The van der Waals surface area contributed by atoms with Gasteiger partial charge in [0.2, 0.25) is 12.6 Å². The lowest BCUT2D eigenvalue weighted by atomic mass is 9.97. The Labute approximate surface area is 207 Å². The number of phenols is 1. The zero-order valence-electron chi connectivity index (χ0n) is 18.4. The van der Waals surface area contributed by atoms with Crippen molar-refractivity contribution in [2.75, 3.05) is 13.9 Å². The van der Waals surface area contributed by atoms with Crippen molar-refractivity contribution < 1.29 is 28.5 Å². The van der Waals surface area contributed by atoms with Crippen LogP contribution in [-0.2, 0) is 6.54 Å². The maximum Gasteiger partial charge on any atom is 0.291 e. The lowest BCUT2D eigenvalue weighted by Gasteiger charge is -2.25. The minimum Gasteiger partial charge on any atom is -0.504 e. The van der Waals surface area contributed by atoms with Gasteiger partial charge in [-0.15, -0.1) is 0 Å². The van der Waals surface area contributed by atoms with Crippen LogP contribution in [0.25, 0.3) is 11.0 Å². The molecule has 0 spiro atoms. The van der Waals surface area contributed by atoms with E-state index < -0.39 is 11.9 Å². The zero-order chi connectivity index (χ0) is 24.3. The maximum absolute atomic E-state index is 13.7. The molecule has 0 radical (unpaired) electrons. The minimum absolute atomic E-state index is 0.00241. The van der Waals surface area contributed by atoms with Crippen LogP contribution in [0.1, 0.15) is 33.3 Å². The summed E-state index contributed by atoms with van der Waals surface area (Å²) in [7, 11) is 1.44. The normalized spacial score (nSPS) is 16.1. The summed E-state index contributed by atoms with van der Waals surface area (Å²) in [6.45, 7) is 0.330. The molecule has 0 saturated heterocycles. The highest BCUT2D eigenvalue weighted by Gasteiger charge is 2.43. The Morgan fingerprint density at radius 2 is 1.89 bits per heavy atom. The van der Waals surface area contributed by atoms with Crippen LogP contribution < -0.4 is 19.6 Å². The first-order valence-corrected chi connectivity index (χ1v) is 11.6. The van der Waals surface area contributed by atoms with E-state index in [4.69, 9.17) is 18.6 Å². The molecule has 0 saturated carbocycles. The number of nitrogens with zero attached hydrogens (tertiary/aromatic N) is 1. The summed E-state index contributed by atoms with van der Waals surface area (Å²) in [6, 6.07) is 14.6. The number of hydrogen-bond acceptors (Lipinski definition) is 7. The van der Waals surface area contributed by atoms with Crippen molar-refractivity contribution in [2.24, 2.45) is 0 Å². The van der Waals surface area contributed by atoms with Gasteiger partial charge < -0.3 is 28.6 Å². The second-order valence-corrected chi connectivity index (χ2v) is 9.18. The molecule has 4 aromatic rings. The quantitative estimate of drug-likeness (QED) is 0.402. The number of halogens is 1. The summed E-state index contributed by atoms with van der Waals surface area (Å²) in [5, 5.41) is 10.5. The molecule has 3 heterocycles. The van der Waals surface area contributed by atoms with Gasteiger partial charge in [-0.25, -0.2) is 0 Å². The Kier molecular flexibility index (Phi) is 4.96. The third-order valence-electron chi connectivity index (χ3n) is 6.24. The number of fused-ring (bicyclic) bond motifs is 3. The molecule has 1 N–H and O–H groups in total. The molecule has 0 aliphatic carbocycles. The summed E-state index contributed by atoms with van der Waals surface area (Å²) in [5.74, 6) is 1.02. The fraction of sp³-hybridized carbons (Fsp3) is 0.154. The van der Waals surface area contributed by atoms with E-state index >= 15 is 0 Å². The van der Waals surface area contributed by atoms with Gasteiger partial charge in [-0.2, -0.15) is 0 Å². The highest BCUT2D eigenvalue weighted by atomic mass is 79.9. The molecular weight excluding hydrogens is 518 g/mol. The van der Waals surface area contributed by atoms with Gasteiger partial charge >= 0.3 is 0 Å². The van der Waals surface area contributed by atoms with Crippen molar-refractivity contribution in [3.8, 4) is 23.0 Å². The van der Waals surface area contributed by atoms with Crippen molar-refractivity contribution in [3.63, 3.8) is 0 Å². The van der Waals surface area contributed by atoms with Crippen molar-refractivity contribution in [2.45, 2.75) is 12.6 Å². The standard InChI is InChI=1S/C26H18BrNO7/c1-32-20-9-14(3-5-17(20)29)23-22-24(30)16-10-15(27)4-7-18(16)35-25(22)26(31)28(23)11-13-2-6-19-21(8-13)34-12-33-19/h2-10,23,29H,11-12H2,1H3/t23-/m1/s1. The van der Waals surface area contributed by atoms with Crippen molar-refractivity contribution in [3.05, 3.63) is 91.7 Å². The number of ether oxygens (including phenoxy) is 3. The van der Waals surface area contributed by atoms with Crippen LogP contribution in [0.3, 0.4) is 0 Å². The van der Waals surface area contributed by atoms with Gasteiger partial charge in [0.25, 0.3) is 5.91 Å².